The normalized spacial score (nSPS) is 12.2. The minimum atomic E-state index is 0.335. The van der Waals surface area contributed by atoms with Gasteiger partial charge in [0.1, 0.15) is 0 Å². The smallest absolute Gasteiger partial charge is 0.0495 e. The van der Waals surface area contributed by atoms with Crippen LogP contribution in [0.1, 0.15) is 29.7 Å². The van der Waals surface area contributed by atoms with Crippen molar-refractivity contribution in [2.75, 3.05) is 25.5 Å². The third-order valence-corrected chi connectivity index (χ3v) is 4.07. The fourth-order valence-electron chi connectivity index (χ4n) is 2.53. The predicted molar refractivity (Wildman–Crippen MR) is 92.1 cm³/mol. The first-order valence-electron chi connectivity index (χ1n) is 7.68. The Morgan fingerprint density at radius 3 is 2.14 bits per heavy atom. The SMILES string of the molecule is CCc1ccc(N(C)CC(NC)c2ccc(C)cc2)cc1. The monoisotopic (exact) mass is 282 g/mol. The maximum Gasteiger partial charge on any atom is 0.0495 e. The molecule has 0 aliphatic heterocycles. The number of nitrogens with zero attached hydrogens (tertiary/aromatic N) is 1. The highest BCUT2D eigenvalue weighted by Gasteiger charge is 2.12. The van der Waals surface area contributed by atoms with Gasteiger partial charge in [-0.15, -0.1) is 0 Å². The number of nitrogens with one attached hydrogen (secondary N) is 1. The molecule has 2 nitrogen and oxygen atoms in total. The van der Waals surface area contributed by atoms with Gasteiger partial charge in [-0.05, 0) is 43.7 Å². The topological polar surface area (TPSA) is 15.3 Å². The van der Waals surface area contributed by atoms with Crippen LogP contribution < -0.4 is 10.2 Å². The molecule has 2 rings (SSSR count). The number of likely N-dealkylation sites (N-methyl/N-ethyl adjacent to an activating group) is 2. The summed E-state index contributed by atoms with van der Waals surface area (Å²) < 4.78 is 0. The molecule has 0 saturated heterocycles. The van der Waals surface area contributed by atoms with Crippen molar-refractivity contribution in [1.29, 1.82) is 0 Å². The van der Waals surface area contributed by atoms with Crippen molar-refractivity contribution in [1.82, 2.24) is 5.32 Å². The zero-order valence-electron chi connectivity index (χ0n) is 13.6. The molecule has 1 unspecified atom stereocenters. The zero-order chi connectivity index (χ0) is 15.2. The Kier molecular flexibility index (Phi) is 5.40. The second-order valence-electron chi connectivity index (χ2n) is 5.65. The minimum Gasteiger partial charge on any atom is -0.373 e. The molecule has 0 spiro atoms. The molecule has 112 valence electrons. The molecule has 0 bridgehead atoms. The number of rotatable bonds is 6. The summed E-state index contributed by atoms with van der Waals surface area (Å²) in [6.45, 7) is 5.26. The molecule has 0 aromatic heterocycles. The van der Waals surface area contributed by atoms with Crippen LogP contribution in [0.2, 0.25) is 0 Å². The zero-order valence-corrected chi connectivity index (χ0v) is 13.6. The van der Waals surface area contributed by atoms with Crippen molar-refractivity contribution in [2.24, 2.45) is 0 Å². The number of benzene rings is 2. The molecule has 2 aromatic rings. The molecule has 1 N–H and O–H groups in total. The van der Waals surface area contributed by atoms with Gasteiger partial charge in [-0.25, -0.2) is 0 Å². The highest BCUT2D eigenvalue weighted by molar-refractivity contribution is 5.47. The molecule has 0 aliphatic carbocycles. The average molecular weight is 282 g/mol. The lowest BCUT2D eigenvalue weighted by Crippen LogP contribution is -2.31. The molecule has 2 aromatic carbocycles. The maximum atomic E-state index is 3.42. The Bertz CT molecular complexity index is 543. The van der Waals surface area contributed by atoms with Crippen LogP contribution in [0.25, 0.3) is 0 Å². The first kappa shape index (κ1) is 15.6. The average Bonchev–Trinajstić information content (AvgIpc) is 2.53. The van der Waals surface area contributed by atoms with E-state index in [0.717, 1.165) is 13.0 Å². The third-order valence-electron chi connectivity index (χ3n) is 4.07. The molecule has 0 radical (unpaired) electrons. The fraction of sp³-hybridized carbons (Fsp3) is 0.368. The summed E-state index contributed by atoms with van der Waals surface area (Å²) in [5.74, 6) is 0. The van der Waals surface area contributed by atoms with E-state index >= 15 is 0 Å². The van der Waals surface area contributed by atoms with E-state index in [1.165, 1.54) is 22.4 Å². The minimum absolute atomic E-state index is 0.335. The van der Waals surface area contributed by atoms with E-state index < -0.39 is 0 Å². The summed E-state index contributed by atoms with van der Waals surface area (Å²) in [7, 11) is 4.18. The van der Waals surface area contributed by atoms with Crippen LogP contribution in [0.3, 0.4) is 0 Å². The van der Waals surface area contributed by atoms with Gasteiger partial charge in [0.25, 0.3) is 0 Å². The van der Waals surface area contributed by atoms with Crippen molar-refractivity contribution < 1.29 is 0 Å². The second kappa shape index (κ2) is 7.28. The van der Waals surface area contributed by atoms with Gasteiger partial charge in [0.2, 0.25) is 0 Å². The Morgan fingerprint density at radius 2 is 1.62 bits per heavy atom. The maximum absolute atomic E-state index is 3.42. The summed E-state index contributed by atoms with van der Waals surface area (Å²) in [5, 5.41) is 3.42. The number of hydrogen-bond donors (Lipinski definition) is 1. The van der Waals surface area contributed by atoms with E-state index in [4.69, 9.17) is 0 Å². The van der Waals surface area contributed by atoms with Gasteiger partial charge in [-0.2, -0.15) is 0 Å². The quantitative estimate of drug-likeness (QED) is 0.863. The van der Waals surface area contributed by atoms with Gasteiger partial charge < -0.3 is 10.2 Å². The molecule has 0 aliphatic rings. The summed E-state index contributed by atoms with van der Waals surface area (Å²) in [6, 6.07) is 18.0. The summed E-state index contributed by atoms with van der Waals surface area (Å²) >= 11 is 0. The van der Waals surface area contributed by atoms with E-state index in [9.17, 15) is 0 Å². The standard InChI is InChI=1S/C19H26N2/c1-5-16-8-12-18(13-9-16)21(4)14-19(20-3)17-10-6-15(2)7-11-17/h6-13,19-20H,5,14H2,1-4H3. The van der Waals surface area contributed by atoms with Gasteiger partial charge >= 0.3 is 0 Å². The van der Waals surface area contributed by atoms with Crippen LogP contribution in [0.15, 0.2) is 48.5 Å². The Morgan fingerprint density at radius 1 is 1.00 bits per heavy atom. The molecular formula is C19H26N2. The van der Waals surface area contributed by atoms with Crippen LogP contribution in [0.4, 0.5) is 5.69 Å². The molecular weight excluding hydrogens is 256 g/mol. The second-order valence-corrected chi connectivity index (χ2v) is 5.65. The fourth-order valence-corrected chi connectivity index (χ4v) is 2.53. The summed E-state index contributed by atoms with van der Waals surface area (Å²) in [5.41, 5.74) is 5.28. The van der Waals surface area contributed by atoms with Crippen LogP contribution in [-0.4, -0.2) is 20.6 Å². The Balaban J connectivity index is 2.08. The van der Waals surface area contributed by atoms with Crippen molar-refractivity contribution >= 4 is 5.69 Å². The molecule has 0 fully saturated rings. The van der Waals surface area contributed by atoms with Crippen molar-refractivity contribution in [3.8, 4) is 0 Å². The number of anilines is 1. The van der Waals surface area contributed by atoms with Crippen LogP contribution in [0.5, 0.6) is 0 Å². The van der Waals surface area contributed by atoms with Crippen molar-refractivity contribution in [3.05, 3.63) is 65.2 Å². The predicted octanol–water partition coefficient (Wildman–Crippen LogP) is 3.95. The van der Waals surface area contributed by atoms with Crippen molar-refractivity contribution in [3.63, 3.8) is 0 Å². The number of hydrogen-bond acceptors (Lipinski definition) is 2. The lowest BCUT2D eigenvalue weighted by Gasteiger charge is -2.26. The van der Waals surface area contributed by atoms with Crippen molar-refractivity contribution in [2.45, 2.75) is 26.3 Å². The molecule has 1 atom stereocenters. The summed E-state index contributed by atoms with van der Waals surface area (Å²) in [4.78, 5) is 2.31. The highest BCUT2D eigenvalue weighted by atomic mass is 15.1. The summed E-state index contributed by atoms with van der Waals surface area (Å²) in [6.07, 6.45) is 1.09. The van der Waals surface area contributed by atoms with Gasteiger partial charge in [-0.3, -0.25) is 0 Å². The van der Waals surface area contributed by atoms with E-state index in [-0.39, 0.29) is 0 Å². The van der Waals surface area contributed by atoms with Gasteiger partial charge in [-0.1, -0.05) is 48.9 Å². The molecule has 0 amide bonds. The lowest BCUT2D eigenvalue weighted by molar-refractivity contribution is 0.589. The molecule has 2 heteroatoms. The van der Waals surface area contributed by atoms with E-state index in [1.54, 1.807) is 0 Å². The van der Waals surface area contributed by atoms with Crippen LogP contribution in [0, 0.1) is 6.92 Å². The molecule has 0 heterocycles. The van der Waals surface area contributed by atoms with Crippen LogP contribution in [-0.2, 0) is 6.42 Å². The number of aryl methyl sites for hydroxylation is 2. The van der Waals surface area contributed by atoms with E-state index in [1.807, 2.05) is 7.05 Å². The molecule has 21 heavy (non-hydrogen) atoms. The highest BCUT2D eigenvalue weighted by Crippen LogP contribution is 2.19. The lowest BCUT2D eigenvalue weighted by atomic mass is 10.0. The Hall–Kier alpha value is -1.80. The first-order valence-corrected chi connectivity index (χ1v) is 7.68. The van der Waals surface area contributed by atoms with Gasteiger partial charge in [0.05, 0.1) is 0 Å². The first-order chi connectivity index (χ1) is 10.1. The molecule has 0 saturated carbocycles. The van der Waals surface area contributed by atoms with Gasteiger partial charge in [0, 0.05) is 25.3 Å². The largest absolute Gasteiger partial charge is 0.373 e. The van der Waals surface area contributed by atoms with Crippen LogP contribution >= 0.6 is 0 Å². The Labute approximate surface area is 128 Å². The van der Waals surface area contributed by atoms with Gasteiger partial charge in [0.15, 0.2) is 0 Å². The van der Waals surface area contributed by atoms with E-state index in [0.29, 0.717) is 6.04 Å². The van der Waals surface area contributed by atoms with E-state index in [2.05, 4.69) is 79.6 Å². The third kappa shape index (κ3) is 4.08.